The number of hydrogen-bond acceptors (Lipinski definition) is 3. The first-order valence-corrected chi connectivity index (χ1v) is 5.07. The van der Waals surface area contributed by atoms with Gasteiger partial charge in [-0.05, 0) is 13.3 Å². The van der Waals surface area contributed by atoms with Gasteiger partial charge in [0.1, 0.15) is 0 Å². The summed E-state index contributed by atoms with van der Waals surface area (Å²) in [5, 5.41) is 2.73. The molecule has 0 saturated carbocycles. The van der Waals surface area contributed by atoms with Crippen LogP contribution in [0, 0.1) is 0 Å². The van der Waals surface area contributed by atoms with Crippen molar-refractivity contribution in [2.45, 2.75) is 25.8 Å². The monoisotopic (exact) mass is 251 g/mol. The van der Waals surface area contributed by atoms with E-state index in [2.05, 4.69) is 26.0 Å². The Morgan fingerprint density at radius 1 is 1.54 bits per heavy atom. The Hall–Kier alpha value is -0.580. The van der Waals surface area contributed by atoms with E-state index in [-0.39, 0.29) is 11.1 Å². The van der Waals surface area contributed by atoms with Crippen LogP contribution in [0.4, 0.5) is 4.79 Å². The van der Waals surface area contributed by atoms with Gasteiger partial charge in [-0.3, -0.25) is 4.79 Å². The minimum Gasteiger partial charge on any atom is -0.453 e. The first-order valence-electron chi connectivity index (χ1n) is 3.95. The lowest BCUT2D eigenvalue weighted by Crippen LogP contribution is -2.52. The van der Waals surface area contributed by atoms with Crippen molar-refractivity contribution in [1.82, 2.24) is 5.32 Å². The normalized spacial score (nSPS) is 14.5. The maximum Gasteiger partial charge on any atom is 0.407 e. The number of methoxy groups -OCH3 is 1. The number of alkyl carbamates (subject to hydrolysis) is 1. The second-order valence-corrected chi connectivity index (χ2v) is 3.42. The highest BCUT2D eigenvalue weighted by Crippen LogP contribution is 2.12. The molecule has 0 fully saturated rings. The lowest BCUT2D eigenvalue weighted by atomic mass is 9.94. The molecule has 0 aromatic heterocycles. The third-order valence-corrected chi connectivity index (χ3v) is 2.52. The first kappa shape index (κ1) is 12.4. The molecule has 4 nitrogen and oxygen atoms in total. The van der Waals surface area contributed by atoms with Gasteiger partial charge in [0, 0.05) is 0 Å². The van der Waals surface area contributed by atoms with Gasteiger partial charge in [0.05, 0.1) is 18.0 Å². The van der Waals surface area contributed by atoms with Crippen molar-refractivity contribution in [2.24, 2.45) is 0 Å². The van der Waals surface area contributed by atoms with Crippen molar-refractivity contribution in [3.05, 3.63) is 0 Å². The standard InChI is InChI=1S/C8H14BrNO3/c1-4-8(2,6(11)5-9)10-7(12)13-3/h4-5H2,1-3H3,(H,10,12). The van der Waals surface area contributed by atoms with Gasteiger partial charge in [-0.25, -0.2) is 4.79 Å². The number of hydrogen-bond donors (Lipinski definition) is 1. The zero-order valence-electron chi connectivity index (χ0n) is 8.02. The van der Waals surface area contributed by atoms with Crippen LogP contribution >= 0.6 is 15.9 Å². The molecule has 0 aromatic carbocycles. The second kappa shape index (κ2) is 5.21. The fraction of sp³-hybridized carbons (Fsp3) is 0.750. The number of ether oxygens (including phenoxy) is 1. The summed E-state index contributed by atoms with van der Waals surface area (Å²) in [6, 6.07) is 0. The van der Waals surface area contributed by atoms with Crippen LogP contribution in [0.1, 0.15) is 20.3 Å². The van der Waals surface area contributed by atoms with E-state index >= 15 is 0 Å². The predicted molar refractivity (Wildman–Crippen MR) is 53.0 cm³/mol. The van der Waals surface area contributed by atoms with Crippen LogP contribution in [0.5, 0.6) is 0 Å². The Kier molecular flexibility index (Phi) is 4.98. The second-order valence-electron chi connectivity index (χ2n) is 2.86. The maximum atomic E-state index is 11.4. The predicted octanol–water partition coefficient (Wildman–Crippen LogP) is 1.48. The average Bonchev–Trinajstić information content (AvgIpc) is 2.15. The molecule has 1 amide bonds. The number of rotatable bonds is 4. The van der Waals surface area contributed by atoms with Gasteiger partial charge in [-0.15, -0.1) is 0 Å². The van der Waals surface area contributed by atoms with E-state index in [0.717, 1.165) is 0 Å². The maximum absolute atomic E-state index is 11.4. The van der Waals surface area contributed by atoms with Crippen molar-refractivity contribution < 1.29 is 14.3 Å². The molecule has 0 aliphatic heterocycles. The van der Waals surface area contributed by atoms with E-state index in [9.17, 15) is 9.59 Å². The van der Waals surface area contributed by atoms with Gasteiger partial charge in [0.2, 0.25) is 0 Å². The topological polar surface area (TPSA) is 55.4 Å². The van der Waals surface area contributed by atoms with Crippen molar-refractivity contribution >= 4 is 27.8 Å². The number of halogens is 1. The van der Waals surface area contributed by atoms with Gasteiger partial charge in [-0.2, -0.15) is 0 Å². The van der Waals surface area contributed by atoms with Crippen LogP contribution in [0.25, 0.3) is 0 Å². The number of ketones is 1. The summed E-state index contributed by atoms with van der Waals surface area (Å²) >= 11 is 3.06. The Morgan fingerprint density at radius 3 is 2.38 bits per heavy atom. The highest BCUT2D eigenvalue weighted by Gasteiger charge is 2.31. The molecule has 0 saturated heterocycles. The molecule has 0 spiro atoms. The SMILES string of the molecule is CCC(C)(NC(=O)OC)C(=O)CBr. The summed E-state index contributed by atoms with van der Waals surface area (Å²) in [5.74, 6) is -0.0691. The summed E-state index contributed by atoms with van der Waals surface area (Å²) in [6.07, 6.45) is -0.0503. The van der Waals surface area contributed by atoms with Gasteiger partial charge < -0.3 is 10.1 Å². The van der Waals surface area contributed by atoms with E-state index in [1.165, 1.54) is 7.11 Å². The highest BCUT2D eigenvalue weighted by molar-refractivity contribution is 9.09. The van der Waals surface area contributed by atoms with Crippen LogP contribution in [0.2, 0.25) is 0 Å². The molecule has 76 valence electrons. The molecule has 0 aliphatic carbocycles. The molecule has 0 radical (unpaired) electrons. The summed E-state index contributed by atoms with van der Waals surface area (Å²) in [7, 11) is 1.27. The molecule has 0 aromatic rings. The van der Waals surface area contributed by atoms with Crippen LogP contribution in [0.15, 0.2) is 0 Å². The summed E-state index contributed by atoms with van der Waals surface area (Å²) < 4.78 is 4.42. The number of carbonyl (C=O) groups excluding carboxylic acids is 2. The Bertz CT molecular complexity index is 208. The number of nitrogens with one attached hydrogen (secondary N) is 1. The van der Waals surface area contributed by atoms with Gasteiger partial charge in [0.25, 0.3) is 0 Å². The van der Waals surface area contributed by atoms with Gasteiger partial charge in [0.15, 0.2) is 5.78 Å². The Labute approximate surface area is 86.1 Å². The molecule has 1 unspecified atom stereocenters. The van der Waals surface area contributed by atoms with Gasteiger partial charge >= 0.3 is 6.09 Å². The van der Waals surface area contributed by atoms with E-state index in [4.69, 9.17) is 0 Å². The molecule has 1 atom stereocenters. The molecule has 0 bridgehead atoms. The molecule has 5 heteroatoms. The van der Waals surface area contributed by atoms with Crippen molar-refractivity contribution in [2.75, 3.05) is 12.4 Å². The summed E-state index contributed by atoms with van der Waals surface area (Å²) in [5.41, 5.74) is -0.837. The Morgan fingerprint density at radius 2 is 2.08 bits per heavy atom. The van der Waals surface area contributed by atoms with Crippen molar-refractivity contribution in [1.29, 1.82) is 0 Å². The zero-order valence-corrected chi connectivity index (χ0v) is 9.60. The smallest absolute Gasteiger partial charge is 0.407 e. The largest absolute Gasteiger partial charge is 0.453 e. The fourth-order valence-electron chi connectivity index (χ4n) is 0.779. The van der Waals surface area contributed by atoms with Crippen LogP contribution in [-0.4, -0.2) is 29.9 Å². The average molecular weight is 252 g/mol. The lowest BCUT2D eigenvalue weighted by molar-refractivity contribution is -0.122. The highest BCUT2D eigenvalue weighted by atomic mass is 79.9. The van der Waals surface area contributed by atoms with Crippen molar-refractivity contribution in [3.8, 4) is 0 Å². The van der Waals surface area contributed by atoms with Gasteiger partial charge in [-0.1, -0.05) is 22.9 Å². The summed E-state index contributed by atoms with van der Waals surface area (Å²) in [4.78, 5) is 22.3. The molecule has 13 heavy (non-hydrogen) atoms. The zero-order chi connectivity index (χ0) is 10.5. The van der Waals surface area contributed by atoms with E-state index in [1.54, 1.807) is 6.92 Å². The van der Waals surface area contributed by atoms with Crippen LogP contribution in [0.3, 0.4) is 0 Å². The fourth-order valence-corrected chi connectivity index (χ4v) is 1.40. The van der Waals surface area contributed by atoms with E-state index < -0.39 is 11.6 Å². The third kappa shape index (κ3) is 3.34. The molecule has 0 aliphatic rings. The lowest BCUT2D eigenvalue weighted by Gasteiger charge is -2.26. The molecule has 1 N–H and O–H groups in total. The van der Waals surface area contributed by atoms with Crippen LogP contribution in [-0.2, 0) is 9.53 Å². The number of amides is 1. The number of Topliss-reactive ketones (excluding diaryl/α,β-unsaturated/α-hetero) is 1. The molecular formula is C8H14BrNO3. The minimum absolute atomic E-state index is 0.0691. The number of carbonyl (C=O) groups is 2. The summed E-state index contributed by atoms with van der Waals surface area (Å²) in [6.45, 7) is 3.50. The third-order valence-electron chi connectivity index (χ3n) is 2.01. The molecule has 0 heterocycles. The number of alkyl halides is 1. The van der Waals surface area contributed by atoms with E-state index in [0.29, 0.717) is 6.42 Å². The first-order chi connectivity index (χ1) is 6.00. The van der Waals surface area contributed by atoms with Crippen LogP contribution < -0.4 is 5.32 Å². The minimum atomic E-state index is -0.837. The molecule has 0 rings (SSSR count). The quantitative estimate of drug-likeness (QED) is 0.771. The van der Waals surface area contributed by atoms with E-state index in [1.807, 2.05) is 6.92 Å². The van der Waals surface area contributed by atoms with Crippen molar-refractivity contribution in [3.63, 3.8) is 0 Å². The Balaban J connectivity index is 4.45. The molecular weight excluding hydrogens is 238 g/mol.